The van der Waals surface area contributed by atoms with Gasteiger partial charge in [-0.1, -0.05) is 72.9 Å². The van der Waals surface area contributed by atoms with Crippen molar-refractivity contribution in [3.63, 3.8) is 0 Å². The molecule has 3 aliphatic rings. The number of aromatic hydroxyl groups is 1. The molecule has 1 N–H and O–H groups in total. The Bertz CT molecular complexity index is 4200. The summed E-state index contributed by atoms with van der Waals surface area (Å²) in [6.07, 6.45) is 9.65. The van der Waals surface area contributed by atoms with Gasteiger partial charge in [0.2, 0.25) is 0 Å². The maximum absolute atomic E-state index is 13.1. The summed E-state index contributed by atoms with van der Waals surface area (Å²) in [5, 5.41) is 11.2. The number of carbonyl (C=O) groups excluding carboxylic acids is 9. The molecule has 3 atom stereocenters. The number of carbonyl (C=O) groups is 9. The molecule has 6 aromatic heterocycles. The van der Waals surface area contributed by atoms with E-state index in [1.165, 1.54) is 23.2 Å². The molecule has 91 heavy (non-hydrogen) atoms. The number of fused-ring (bicyclic) bond motifs is 3. The van der Waals surface area contributed by atoms with E-state index < -0.39 is 35.1 Å². The van der Waals surface area contributed by atoms with Gasteiger partial charge < -0.3 is 53.6 Å². The number of piperazine rings is 3. The topological polar surface area (TPSA) is 256 Å². The number of Topliss-reactive ketones (excluding diaryl/α,β-unsaturated/α-hetero) is 3. The van der Waals surface area contributed by atoms with Crippen LogP contribution in [0.25, 0.3) is 33.1 Å². The molecule has 9 heterocycles. The first-order valence-electron chi connectivity index (χ1n) is 29.1. The maximum Gasteiger partial charge on any atom is 0.295 e. The van der Waals surface area contributed by atoms with Gasteiger partial charge in [0.15, 0.2) is 0 Å². The fourth-order valence-electron chi connectivity index (χ4n) is 11.5. The van der Waals surface area contributed by atoms with Crippen LogP contribution < -0.4 is 4.98 Å². The summed E-state index contributed by atoms with van der Waals surface area (Å²) in [5.74, 6) is -3.92. The van der Waals surface area contributed by atoms with Crippen molar-refractivity contribution in [3.8, 4) is 5.88 Å². The second-order valence-corrected chi connectivity index (χ2v) is 22.0. The summed E-state index contributed by atoms with van der Waals surface area (Å²) < 4.78 is 3.55. The van der Waals surface area contributed by atoms with Crippen LogP contribution in [0.5, 0.6) is 5.88 Å². The molecule has 12 rings (SSSR count). The zero-order valence-corrected chi connectivity index (χ0v) is 60.2. The predicted octanol–water partition coefficient (Wildman–Crippen LogP) is 6.36. The monoisotopic (exact) mass is 1650 g/mol. The molecule has 0 unspecified atom stereocenters. The Morgan fingerprint density at radius 1 is 0.505 bits per heavy atom. The van der Waals surface area contributed by atoms with Crippen molar-refractivity contribution < 1.29 is 136 Å². The molecule has 0 bridgehead atoms. The molecule has 22 nitrogen and oxygen atoms in total. The minimum absolute atomic E-state index is 0. The number of hydrogen-bond donors (Lipinski definition) is 1. The summed E-state index contributed by atoms with van der Waals surface area (Å²) >= 11 is 0. The van der Waals surface area contributed by atoms with E-state index in [0.717, 1.165) is 0 Å². The van der Waals surface area contributed by atoms with Crippen LogP contribution in [0.3, 0.4) is 0 Å². The molecule has 3 aromatic carbocycles. The summed E-state index contributed by atoms with van der Waals surface area (Å²) in [7, 11) is 1.80. The summed E-state index contributed by atoms with van der Waals surface area (Å²) in [4.78, 5) is 142. The number of rotatable bonds is 11. The Morgan fingerprint density at radius 2 is 0.901 bits per heavy atom. The van der Waals surface area contributed by atoms with Crippen LogP contribution in [-0.4, -0.2) is 188 Å². The molecule has 3 saturated heterocycles. The molecule has 3 aliphatic heterocycles. The normalized spacial score (nSPS) is 16.3. The number of hydrogen-bond acceptors (Lipinski definition) is 13. The van der Waals surface area contributed by atoms with Crippen LogP contribution in [0, 0.1) is 88.1 Å². The summed E-state index contributed by atoms with van der Waals surface area (Å²) in [6, 6.07) is 36.3. The smallest absolute Gasteiger partial charge is 0.295 e. The molecule has 460 valence electrons. The fraction of sp³-hybridized carbons (Fsp3) is 0.254. The molecule has 0 aliphatic carbocycles. The number of ketones is 3. The first-order chi connectivity index (χ1) is 42.9. The Hall–Kier alpha value is -8.02. The standard InChI is InChI=1S/C24H24N4O3.C22H22N4O3.C21H20N4O4.2Ac/c1-3-12-26-16-20(19-10-7-11-25-22(19)26)21(29)24(31)28-14-13-27(15-17(28)2)23(30)18-8-5-4-6-9-18;1-15-13-25(21(28)16-7-4-3-5-8-16)11-12-26(15)22(29)19(27)18-14-24(2)20-17(18)9-6-10-23-20;1-13-12-24(20(28)14-5-3-2-4-6-14)9-10-25(13)21(29)18(27)16-11-22-19-15(16)7-8-17(26)23-19;;/h3-11,16-17H,1,12-15H2,2H3;3-10,14-15H,11-13H2,1-2H3;2-8,11,13H,9-10,12H2,1H3,(H2,22,23,26,27,29);;/p-1/t17-;15-;13-;;/m111../s1. The molecule has 0 saturated carbocycles. The second-order valence-electron chi connectivity index (χ2n) is 22.0. The number of allylic oxidation sites excluding steroid dienone is 1. The average Bonchev–Trinajstić information content (AvgIpc) is 1.73. The number of pyridine rings is 3. The zero-order chi connectivity index (χ0) is 63.0. The van der Waals surface area contributed by atoms with Gasteiger partial charge in [0.05, 0.1) is 11.1 Å². The van der Waals surface area contributed by atoms with E-state index in [-0.39, 0.29) is 148 Å². The van der Waals surface area contributed by atoms with Crippen molar-refractivity contribution in [1.82, 2.24) is 58.5 Å². The van der Waals surface area contributed by atoms with Crippen molar-refractivity contribution in [3.05, 3.63) is 204 Å². The number of aromatic nitrogens is 6. The number of amides is 6. The third-order valence-corrected chi connectivity index (χ3v) is 16.1. The van der Waals surface area contributed by atoms with E-state index in [0.29, 0.717) is 114 Å². The maximum atomic E-state index is 13.1. The van der Waals surface area contributed by atoms with Crippen LogP contribution in [0.15, 0.2) is 171 Å². The third kappa shape index (κ3) is 15.2. The van der Waals surface area contributed by atoms with E-state index in [2.05, 4.69) is 26.5 Å². The number of nitrogens with zero attached hydrogens (tertiary/aromatic N) is 12. The van der Waals surface area contributed by atoms with E-state index >= 15 is 0 Å². The first kappa shape index (κ1) is 68.9. The van der Waals surface area contributed by atoms with Gasteiger partial charge in [0.25, 0.3) is 52.8 Å². The Labute approximate surface area is 596 Å². The molecule has 3 fully saturated rings. The molecule has 6 amide bonds. The van der Waals surface area contributed by atoms with Crippen LogP contribution in [0.1, 0.15) is 82.9 Å². The summed E-state index contributed by atoms with van der Waals surface area (Å²) in [6.45, 7) is 12.9. The van der Waals surface area contributed by atoms with E-state index in [9.17, 15) is 48.3 Å². The van der Waals surface area contributed by atoms with Crippen molar-refractivity contribution in [1.29, 1.82) is 0 Å². The number of aryl methyl sites for hydroxylation is 1. The Morgan fingerprint density at radius 3 is 1.32 bits per heavy atom. The van der Waals surface area contributed by atoms with Crippen molar-refractivity contribution in [2.45, 2.75) is 45.4 Å². The Balaban J connectivity index is 0.000000174. The minimum atomic E-state index is -0.672. The van der Waals surface area contributed by atoms with E-state index in [1.807, 2.05) is 79.9 Å². The van der Waals surface area contributed by atoms with Crippen molar-refractivity contribution in [2.75, 3.05) is 58.9 Å². The van der Waals surface area contributed by atoms with Gasteiger partial charge in [-0.25, -0.2) is 9.97 Å². The predicted molar refractivity (Wildman–Crippen MR) is 331 cm³/mol. The van der Waals surface area contributed by atoms with Gasteiger partial charge in [-0.2, -0.15) is 0 Å². The van der Waals surface area contributed by atoms with Crippen LogP contribution in [0.2, 0.25) is 0 Å². The number of benzene rings is 3. The zero-order valence-electron chi connectivity index (χ0n) is 50.7. The minimum Gasteiger partial charge on any atom is -0.512 e. The SMILES string of the molecule is C=CCn1cc(C(=O)C(=O)N2CCN(C(=O)c3ccccc3)C[C@H]2C)c2cccnc21.C[C@@H]1CN(C(=O)c2ccccc2)CCN1C(=O)C(=O)c1c[n-]c2nc(O)ccc12.C[C@@H]1CN(C(=O)c2ccccc2)CCN1C(=O)C(=O)c1cn(C)c2ncccc12.[Ac].[Ac]. The van der Waals surface area contributed by atoms with Crippen molar-refractivity contribution in [2.24, 2.45) is 7.05 Å². The Kier molecular flexibility index (Phi) is 23.4. The van der Waals surface area contributed by atoms with E-state index in [1.54, 1.807) is 128 Å². The van der Waals surface area contributed by atoms with Gasteiger partial charge in [0, 0.05) is 237 Å². The van der Waals surface area contributed by atoms with Crippen LogP contribution in [-0.2, 0) is 28.0 Å². The molecular formula is C67H65Ac2N12O10-. The third-order valence-electron chi connectivity index (χ3n) is 16.1. The largest absolute Gasteiger partial charge is 0.512 e. The quantitative estimate of drug-likeness (QED) is 0.0840. The van der Waals surface area contributed by atoms with Crippen molar-refractivity contribution >= 4 is 85.9 Å². The molecule has 24 heteroatoms. The average molecular weight is 1650 g/mol. The van der Waals surface area contributed by atoms with Gasteiger partial charge in [-0.05, 0) is 98.5 Å². The van der Waals surface area contributed by atoms with Gasteiger partial charge in [0.1, 0.15) is 17.2 Å². The fourth-order valence-corrected chi connectivity index (χ4v) is 11.5. The van der Waals surface area contributed by atoms with Gasteiger partial charge in [-0.15, -0.1) is 6.58 Å². The van der Waals surface area contributed by atoms with Crippen LogP contribution in [0.4, 0.5) is 0 Å². The first-order valence-corrected chi connectivity index (χ1v) is 29.1. The molecule has 2 radical (unpaired) electrons. The molecule has 0 spiro atoms. The van der Waals surface area contributed by atoms with Gasteiger partial charge in [-0.3, -0.25) is 43.2 Å². The second kappa shape index (κ2) is 30.9. The molecular weight excluding hydrogens is 1590 g/mol. The van der Waals surface area contributed by atoms with Crippen LogP contribution >= 0.6 is 0 Å². The molecule has 9 aromatic rings. The van der Waals surface area contributed by atoms with Gasteiger partial charge >= 0.3 is 0 Å². The summed E-state index contributed by atoms with van der Waals surface area (Å²) in [5.41, 5.74) is 4.22. The van der Waals surface area contributed by atoms with E-state index in [4.69, 9.17) is 0 Å².